The Labute approximate surface area is 133 Å². The van der Waals surface area contributed by atoms with Gasteiger partial charge in [0.15, 0.2) is 0 Å². The van der Waals surface area contributed by atoms with Crippen molar-refractivity contribution in [2.24, 2.45) is 0 Å². The minimum atomic E-state index is 0.0472. The largest absolute Gasteiger partial charge is 0.307 e. The number of hydrogen-bond donors (Lipinski definition) is 1. The van der Waals surface area contributed by atoms with E-state index in [1.807, 2.05) is 30.3 Å². The summed E-state index contributed by atoms with van der Waals surface area (Å²) >= 11 is 12.0. The number of hydrogen-bond acceptors (Lipinski definition) is 2. The Morgan fingerprint density at radius 2 is 1.86 bits per heavy atom. The first-order valence-corrected chi connectivity index (χ1v) is 7.43. The molecular formula is C16H14Cl2N2O. The number of rotatable bonds is 2. The summed E-state index contributed by atoms with van der Waals surface area (Å²) in [6, 6.07) is 13.4. The third-order valence-corrected chi connectivity index (χ3v) is 4.24. The smallest absolute Gasteiger partial charge is 0.241 e. The van der Waals surface area contributed by atoms with Crippen LogP contribution in [0, 0.1) is 0 Å². The SMILES string of the molecule is O=C1CNCc2ccccc2N1Cc1ccc(Cl)c(Cl)c1. The molecule has 0 radical (unpaired) electrons. The molecule has 0 aromatic heterocycles. The van der Waals surface area contributed by atoms with Crippen LogP contribution in [0.3, 0.4) is 0 Å². The van der Waals surface area contributed by atoms with Gasteiger partial charge in [-0.1, -0.05) is 47.5 Å². The number of fused-ring (bicyclic) bond motifs is 1. The summed E-state index contributed by atoms with van der Waals surface area (Å²) in [5, 5.41) is 4.17. The second-order valence-corrected chi connectivity index (χ2v) is 5.78. The van der Waals surface area contributed by atoms with E-state index in [-0.39, 0.29) is 5.91 Å². The van der Waals surface area contributed by atoms with Crippen molar-refractivity contribution >= 4 is 34.8 Å². The van der Waals surface area contributed by atoms with Crippen LogP contribution in [0.15, 0.2) is 42.5 Å². The standard InChI is InChI=1S/C16H14Cl2N2O/c17-13-6-5-11(7-14(13)18)10-20-15-4-2-1-3-12(15)8-19-9-16(20)21/h1-7,19H,8-10H2. The van der Waals surface area contributed by atoms with Crippen molar-refractivity contribution in [2.45, 2.75) is 13.1 Å². The van der Waals surface area contributed by atoms with Gasteiger partial charge in [0.25, 0.3) is 0 Å². The molecule has 108 valence electrons. The molecule has 1 N–H and O–H groups in total. The Kier molecular flexibility index (Phi) is 4.15. The predicted molar refractivity (Wildman–Crippen MR) is 85.8 cm³/mol. The second-order valence-electron chi connectivity index (χ2n) is 4.96. The zero-order valence-electron chi connectivity index (χ0n) is 11.3. The van der Waals surface area contributed by atoms with Crippen molar-refractivity contribution in [3.63, 3.8) is 0 Å². The first kappa shape index (κ1) is 14.4. The van der Waals surface area contributed by atoms with Crippen LogP contribution in [-0.4, -0.2) is 12.5 Å². The van der Waals surface area contributed by atoms with Crippen molar-refractivity contribution in [3.8, 4) is 0 Å². The lowest BCUT2D eigenvalue weighted by Gasteiger charge is -2.23. The molecule has 1 amide bonds. The minimum Gasteiger partial charge on any atom is -0.307 e. The molecule has 2 aromatic rings. The van der Waals surface area contributed by atoms with Crippen LogP contribution in [-0.2, 0) is 17.9 Å². The van der Waals surface area contributed by atoms with Gasteiger partial charge >= 0.3 is 0 Å². The van der Waals surface area contributed by atoms with Crippen LogP contribution in [0.1, 0.15) is 11.1 Å². The average Bonchev–Trinajstić information content (AvgIpc) is 2.63. The number of benzene rings is 2. The topological polar surface area (TPSA) is 32.3 Å². The average molecular weight is 321 g/mol. The van der Waals surface area contributed by atoms with E-state index >= 15 is 0 Å². The first-order valence-electron chi connectivity index (χ1n) is 6.68. The Bertz CT molecular complexity index is 688. The summed E-state index contributed by atoms with van der Waals surface area (Å²) in [6.07, 6.45) is 0. The van der Waals surface area contributed by atoms with E-state index in [4.69, 9.17) is 23.2 Å². The van der Waals surface area contributed by atoms with Gasteiger partial charge in [0.1, 0.15) is 0 Å². The molecule has 3 nitrogen and oxygen atoms in total. The molecule has 0 bridgehead atoms. The summed E-state index contributed by atoms with van der Waals surface area (Å²) in [7, 11) is 0. The van der Waals surface area contributed by atoms with Gasteiger partial charge in [-0.15, -0.1) is 0 Å². The highest BCUT2D eigenvalue weighted by Gasteiger charge is 2.21. The van der Waals surface area contributed by atoms with Crippen molar-refractivity contribution in [1.29, 1.82) is 0 Å². The third kappa shape index (κ3) is 3.05. The molecule has 3 rings (SSSR count). The fourth-order valence-electron chi connectivity index (χ4n) is 2.45. The van der Waals surface area contributed by atoms with Gasteiger partial charge in [-0.3, -0.25) is 4.79 Å². The van der Waals surface area contributed by atoms with E-state index in [1.54, 1.807) is 17.0 Å². The van der Waals surface area contributed by atoms with Crippen molar-refractivity contribution in [3.05, 3.63) is 63.6 Å². The van der Waals surface area contributed by atoms with Gasteiger partial charge < -0.3 is 10.2 Å². The number of halogens is 2. The normalized spacial score (nSPS) is 14.8. The quantitative estimate of drug-likeness (QED) is 0.916. The van der Waals surface area contributed by atoms with Crippen LogP contribution >= 0.6 is 23.2 Å². The van der Waals surface area contributed by atoms with Gasteiger partial charge in [-0.05, 0) is 29.3 Å². The molecule has 0 saturated carbocycles. The summed E-state index contributed by atoms with van der Waals surface area (Å²) in [5.74, 6) is 0.0472. The third-order valence-electron chi connectivity index (χ3n) is 3.50. The van der Waals surface area contributed by atoms with Gasteiger partial charge in [0, 0.05) is 12.2 Å². The van der Waals surface area contributed by atoms with Gasteiger partial charge in [-0.25, -0.2) is 0 Å². The van der Waals surface area contributed by atoms with Crippen LogP contribution in [0.4, 0.5) is 5.69 Å². The molecule has 1 aliphatic heterocycles. The van der Waals surface area contributed by atoms with E-state index in [1.165, 1.54) is 0 Å². The number of anilines is 1. The molecule has 1 aliphatic rings. The Balaban J connectivity index is 1.95. The number of carbonyl (C=O) groups is 1. The molecular weight excluding hydrogens is 307 g/mol. The van der Waals surface area contributed by atoms with Crippen LogP contribution in [0.5, 0.6) is 0 Å². The fourth-order valence-corrected chi connectivity index (χ4v) is 2.77. The maximum atomic E-state index is 12.3. The molecule has 0 saturated heterocycles. The van der Waals surface area contributed by atoms with Gasteiger partial charge in [0.2, 0.25) is 5.91 Å². The number of amides is 1. The van der Waals surface area contributed by atoms with Crippen LogP contribution in [0.25, 0.3) is 0 Å². The molecule has 21 heavy (non-hydrogen) atoms. The van der Waals surface area contributed by atoms with E-state index in [0.717, 1.165) is 16.8 Å². The van der Waals surface area contributed by atoms with Gasteiger partial charge in [-0.2, -0.15) is 0 Å². The summed E-state index contributed by atoms with van der Waals surface area (Å²) in [4.78, 5) is 14.1. The molecule has 0 fully saturated rings. The number of para-hydroxylation sites is 1. The highest BCUT2D eigenvalue weighted by Crippen LogP contribution is 2.27. The number of carbonyl (C=O) groups excluding carboxylic acids is 1. The van der Waals surface area contributed by atoms with Crippen LogP contribution in [0.2, 0.25) is 10.0 Å². The molecule has 0 aliphatic carbocycles. The van der Waals surface area contributed by atoms with Crippen molar-refractivity contribution in [2.75, 3.05) is 11.4 Å². The maximum absolute atomic E-state index is 12.3. The Morgan fingerprint density at radius 1 is 1.05 bits per heavy atom. The first-order chi connectivity index (χ1) is 10.1. The predicted octanol–water partition coefficient (Wildman–Crippen LogP) is 3.63. The molecule has 0 atom stereocenters. The van der Waals surface area contributed by atoms with E-state index < -0.39 is 0 Å². The highest BCUT2D eigenvalue weighted by atomic mass is 35.5. The summed E-state index contributed by atoms with van der Waals surface area (Å²) in [6.45, 7) is 1.50. The van der Waals surface area contributed by atoms with Crippen molar-refractivity contribution < 1.29 is 4.79 Å². The summed E-state index contributed by atoms with van der Waals surface area (Å²) < 4.78 is 0. The lowest BCUT2D eigenvalue weighted by Crippen LogP contribution is -2.35. The Hall–Kier alpha value is -1.55. The maximum Gasteiger partial charge on any atom is 0.241 e. The number of nitrogens with zero attached hydrogens (tertiary/aromatic N) is 1. The lowest BCUT2D eigenvalue weighted by atomic mass is 10.1. The molecule has 1 heterocycles. The monoisotopic (exact) mass is 320 g/mol. The molecule has 0 spiro atoms. The van der Waals surface area contributed by atoms with Crippen molar-refractivity contribution in [1.82, 2.24) is 5.32 Å². The highest BCUT2D eigenvalue weighted by molar-refractivity contribution is 6.42. The zero-order valence-corrected chi connectivity index (χ0v) is 12.8. The van der Waals surface area contributed by atoms with E-state index in [9.17, 15) is 4.79 Å². The van der Waals surface area contributed by atoms with Crippen LogP contribution < -0.4 is 10.2 Å². The number of nitrogens with one attached hydrogen (secondary N) is 1. The summed E-state index contributed by atoms with van der Waals surface area (Å²) in [5.41, 5.74) is 3.01. The zero-order chi connectivity index (χ0) is 14.8. The second kappa shape index (κ2) is 6.06. The van der Waals surface area contributed by atoms with E-state index in [0.29, 0.717) is 29.7 Å². The molecule has 5 heteroatoms. The lowest BCUT2D eigenvalue weighted by molar-refractivity contribution is -0.117. The molecule has 0 unspecified atom stereocenters. The van der Waals surface area contributed by atoms with E-state index in [2.05, 4.69) is 5.32 Å². The minimum absolute atomic E-state index is 0.0472. The Morgan fingerprint density at radius 3 is 2.67 bits per heavy atom. The van der Waals surface area contributed by atoms with Gasteiger partial charge in [0.05, 0.1) is 23.1 Å². The fraction of sp³-hybridized carbons (Fsp3) is 0.188. The molecule has 2 aromatic carbocycles.